The summed E-state index contributed by atoms with van der Waals surface area (Å²) in [4.78, 5) is 11.2. The summed E-state index contributed by atoms with van der Waals surface area (Å²) < 4.78 is 3.11. The normalized spacial score (nSPS) is 10.7. The molecule has 0 fully saturated rings. The van der Waals surface area contributed by atoms with Crippen LogP contribution in [-0.2, 0) is 11.2 Å². The van der Waals surface area contributed by atoms with Crippen molar-refractivity contribution in [3.8, 4) is 22.7 Å². The van der Waals surface area contributed by atoms with Gasteiger partial charge in [0.25, 0.3) is 0 Å². The molecule has 0 aliphatic rings. The van der Waals surface area contributed by atoms with Crippen molar-refractivity contribution < 1.29 is 9.90 Å². The van der Waals surface area contributed by atoms with Crippen molar-refractivity contribution in [1.29, 1.82) is 0 Å². The molecular formula is C19H17BrN2O2. The van der Waals surface area contributed by atoms with Crippen LogP contribution in [0, 0.1) is 0 Å². The SMILES string of the molecule is NC(=O)CCc1ccc(-c2ccc(Br)cc2)n1-c1ccc(O)cc1. The fourth-order valence-corrected chi connectivity index (χ4v) is 2.94. The van der Waals surface area contributed by atoms with Crippen molar-refractivity contribution in [3.63, 3.8) is 0 Å². The molecule has 3 aromatic rings. The summed E-state index contributed by atoms with van der Waals surface area (Å²) in [7, 11) is 0. The predicted molar refractivity (Wildman–Crippen MR) is 98.1 cm³/mol. The number of phenolic OH excluding ortho intramolecular Hbond substituents is 1. The highest BCUT2D eigenvalue weighted by Gasteiger charge is 2.13. The summed E-state index contributed by atoms with van der Waals surface area (Å²) in [6.45, 7) is 0. The molecule has 122 valence electrons. The van der Waals surface area contributed by atoms with E-state index in [9.17, 15) is 9.90 Å². The van der Waals surface area contributed by atoms with Crippen LogP contribution < -0.4 is 5.73 Å². The Kier molecular flexibility index (Phi) is 4.71. The molecule has 0 saturated heterocycles. The van der Waals surface area contributed by atoms with E-state index in [-0.39, 0.29) is 11.7 Å². The molecule has 1 heterocycles. The van der Waals surface area contributed by atoms with Gasteiger partial charge in [-0.15, -0.1) is 0 Å². The summed E-state index contributed by atoms with van der Waals surface area (Å²) >= 11 is 3.45. The third-order valence-corrected chi connectivity index (χ3v) is 4.37. The number of rotatable bonds is 5. The second-order valence-corrected chi connectivity index (χ2v) is 6.45. The van der Waals surface area contributed by atoms with Gasteiger partial charge >= 0.3 is 0 Å². The lowest BCUT2D eigenvalue weighted by Gasteiger charge is -2.14. The zero-order chi connectivity index (χ0) is 17.1. The van der Waals surface area contributed by atoms with Crippen LogP contribution in [0.2, 0.25) is 0 Å². The molecule has 24 heavy (non-hydrogen) atoms. The Morgan fingerprint density at radius 1 is 1.00 bits per heavy atom. The van der Waals surface area contributed by atoms with Crippen molar-refractivity contribution in [2.75, 3.05) is 0 Å². The fourth-order valence-electron chi connectivity index (χ4n) is 2.68. The maximum Gasteiger partial charge on any atom is 0.217 e. The quantitative estimate of drug-likeness (QED) is 0.696. The molecule has 5 heteroatoms. The fraction of sp³-hybridized carbons (Fsp3) is 0.105. The van der Waals surface area contributed by atoms with Gasteiger partial charge in [0.2, 0.25) is 5.91 Å². The number of benzene rings is 2. The molecule has 4 nitrogen and oxygen atoms in total. The Labute approximate surface area is 148 Å². The molecule has 0 atom stereocenters. The van der Waals surface area contributed by atoms with Gasteiger partial charge in [0.05, 0.1) is 5.69 Å². The molecule has 0 aliphatic carbocycles. The highest BCUT2D eigenvalue weighted by Crippen LogP contribution is 2.29. The molecule has 0 spiro atoms. The highest BCUT2D eigenvalue weighted by molar-refractivity contribution is 9.10. The maximum absolute atomic E-state index is 11.2. The Morgan fingerprint density at radius 3 is 2.29 bits per heavy atom. The molecule has 1 aromatic heterocycles. The van der Waals surface area contributed by atoms with Crippen LogP contribution in [-0.4, -0.2) is 15.6 Å². The van der Waals surface area contributed by atoms with E-state index < -0.39 is 0 Å². The van der Waals surface area contributed by atoms with Crippen molar-refractivity contribution >= 4 is 21.8 Å². The Balaban J connectivity index is 2.09. The number of hydrogen-bond donors (Lipinski definition) is 2. The number of amides is 1. The van der Waals surface area contributed by atoms with Crippen molar-refractivity contribution in [3.05, 3.63) is 70.8 Å². The zero-order valence-corrected chi connectivity index (χ0v) is 14.5. The second-order valence-electron chi connectivity index (χ2n) is 5.53. The van der Waals surface area contributed by atoms with Crippen LogP contribution in [0.3, 0.4) is 0 Å². The van der Waals surface area contributed by atoms with Crippen molar-refractivity contribution in [1.82, 2.24) is 4.57 Å². The predicted octanol–water partition coefficient (Wildman–Crippen LogP) is 4.03. The third kappa shape index (κ3) is 3.51. The number of nitrogens with zero attached hydrogens (tertiary/aromatic N) is 1. The minimum atomic E-state index is -0.321. The number of aromatic nitrogens is 1. The van der Waals surface area contributed by atoms with Gasteiger partial charge in [-0.2, -0.15) is 0 Å². The second kappa shape index (κ2) is 6.93. The van der Waals surface area contributed by atoms with E-state index in [0.717, 1.165) is 27.1 Å². The number of aryl methyl sites for hydroxylation is 1. The van der Waals surface area contributed by atoms with Gasteiger partial charge in [0.15, 0.2) is 0 Å². The van der Waals surface area contributed by atoms with Crippen molar-refractivity contribution in [2.24, 2.45) is 5.73 Å². The van der Waals surface area contributed by atoms with Crippen LogP contribution in [0.1, 0.15) is 12.1 Å². The average molecular weight is 385 g/mol. The highest BCUT2D eigenvalue weighted by atomic mass is 79.9. The molecular weight excluding hydrogens is 368 g/mol. The van der Waals surface area contributed by atoms with Gasteiger partial charge in [-0.1, -0.05) is 28.1 Å². The number of phenols is 1. The summed E-state index contributed by atoms with van der Waals surface area (Å²) in [6.07, 6.45) is 0.856. The molecule has 3 N–H and O–H groups in total. The lowest BCUT2D eigenvalue weighted by Crippen LogP contribution is -2.12. The van der Waals surface area contributed by atoms with Crippen LogP contribution in [0.15, 0.2) is 65.1 Å². The Hall–Kier alpha value is -2.53. The topological polar surface area (TPSA) is 68.2 Å². The first kappa shape index (κ1) is 16.3. The van der Waals surface area contributed by atoms with E-state index in [1.54, 1.807) is 12.1 Å². The van der Waals surface area contributed by atoms with Gasteiger partial charge in [-0.3, -0.25) is 4.79 Å². The molecule has 3 rings (SSSR count). The smallest absolute Gasteiger partial charge is 0.217 e. The number of halogens is 1. The number of primary amides is 1. The lowest BCUT2D eigenvalue weighted by molar-refractivity contribution is -0.118. The molecule has 0 saturated carbocycles. The molecule has 1 amide bonds. The number of carbonyl (C=O) groups excluding carboxylic acids is 1. The average Bonchev–Trinajstić information content (AvgIpc) is 2.98. The minimum absolute atomic E-state index is 0.217. The first-order valence-electron chi connectivity index (χ1n) is 7.59. The van der Waals surface area contributed by atoms with Crippen LogP contribution in [0.5, 0.6) is 5.75 Å². The summed E-state index contributed by atoms with van der Waals surface area (Å²) in [5.41, 5.74) is 9.31. The summed E-state index contributed by atoms with van der Waals surface area (Å²) in [5.74, 6) is -0.103. The summed E-state index contributed by atoms with van der Waals surface area (Å²) in [5, 5.41) is 9.54. The molecule has 0 aliphatic heterocycles. The van der Waals surface area contributed by atoms with E-state index in [4.69, 9.17) is 5.73 Å². The van der Waals surface area contributed by atoms with E-state index in [1.807, 2.05) is 48.5 Å². The maximum atomic E-state index is 11.2. The molecule has 0 radical (unpaired) electrons. The molecule has 2 aromatic carbocycles. The van der Waals surface area contributed by atoms with Crippen LogP contribution >= 0.6 is 15.9 Å². The minimum Gasteiger partial charge on any atom is -0.508 e. The Bertz CT molecular complexity index is 852. The zero-order valence-electron chi connectivity index (χ0n) is 12.9. The van der Waals surface area contributed by atoms with E-state index in [2.05, 4.69) is 20.5 Å². The lowest BCUT2D eigenvalue weighted by atomic mass is 10.1. The van der Waals surface area contributed by atoms with E-state index in [0.29, 0.717) is 12.8 Å². The first-order valence-corrected chi connectivity index (χ1v) is 8.38. The number of nitrogens with two attached hydrogens (primary N) is 1. The largest absolute Gasteiger partial charge is 0.508 e. The summed E-state index contributed by atoms with van der Waals surface area (Å²) in [6, 6.07) is 19.1. The van der Waals surface area contributed by atoms with E-state index >= 15 is 0 Å². The van der Waals surface area contributed by atoms with Crippen LogP contribution in [0.4, 0.5) is 0 Å². The molecule has 0 unspecified atom stereocenters. The van der Waals surface area contributed by atoms with E-state index in [1.165, 1.54) is 0 Å². The number of hydrogen-bond acceptors (Lipinski definition) is 2. The van der Waals surface area contributed by atoms with Crippen molar-refractivity contribution in [2.45, 2.75) is 12.8 Å². The monoisotopic (exact) mass is 384 g/mol. The Morgan fingerprint density at radius 2 is 1.67 bits per heavy atom. The first-order chi connectivity index (χ1) is 11.5. The van der Waals surface area contributed by atoms with Gasteiger partial charge in [-0.05, 0) is 60.5 Å². The molecule has 0 bridgehead atoms. The third-order valence-electron chi connectivity index (χ3n) is 3.84. The number of carbonyl (C=O) groups is 1. The number of aromatic hydroxyl groups is 1. The van der Waals surface area contributed by atoms with Gasteiger partial charge in [0.1, 0.15) is 5.75 Å². The van der Waals surface area contributed by atoms with Gasteiger partial charge < -0.3 is 15.4 Å². The van der Waals surface area contributed by atoms with Gasteiger partial charge in [-0.25, -0.2) is 0 Å². The van der Waals surface area contributed by atoms with Gasteiger partial charge in [0, 0.05) is 22.3 Å². The van der Waals surface area contributed by atoms with Crippen LogP contribution in [0.25, 0.3) is 16.9 Å². The standard InChI is InChI=1S/C19H17BrN2O2/c20-14-3-1-13(2-4-14)18-11-7-16(8-12-19(21)24)22(18)15-5-9-17(23)10-6-15/h1-7,9-11,23H,8,12H2,(H2,21,24).